The molecule has 0 saturated heterocycles. The monoisotopic (exact) mass is 466 g/mol. The highest BCUT2D eigenvalue weighted by Crippen LogP contribution is 2.23. The maximum Gasteiger partial charge on any atom is 0.241 e. The minimum absolute atomic E-state index is 0.144. The highest BCUT2D eigenvalue weighted by molar-refractivity contribution is 7.89. The van der Waals surface area contributed by atoms with Gasteiger partial charge in [0.2, 0.25) is 10.0 Å². The molecule has 0 fully saturated rings. The van der Waals surface area contributed by atoms with Gasteiger partial charge in [0.1, 0.15) is 5.82 Å². The summed E-state index contributed by atoms with van der Waals surface area (Å²) in [4.78, 5) is 0.144. The lowest BCUT2D eigenvalue weighted by Crippen LogP contribution is -2.32. The molecule has 1 atom stereocenters. The molecule has 8 heteroatoms. The van der Waals surface area contributed by atoms with Crippen LogP contribution in [0.2, 0.25) is 5.02 Å². The molecule has 32 heavy (non-hydrogen) atoms. The van der Waals surface area contributed by atoms with E-state index in [2.05, 4.69) is 14.9 Å². The number of hydrogen-bond donors (Lipinski definition) is 1. The molecule has 1 N–H and O–H groups in total. The lowest BCUT2D eigenvalue weighted by atomic mass is 10.1. The first-order chi connectivity index (χ1) is 15.4. The van der Waals surface area contributed by atoms with Crippen LogP contribution in [0.25, 0.3) is 0 Å². The van der Waals surface area contributed by atoms with Crippen LogP contribution in [-0.2, 0) is 23.0 Å². The summed E-state index contributed by atoms with van der Waals surface area (Å²) in [5.41, 5.74) is 2.07. The van der Waals surface area contributed by atoms with E-state index in [1.165, 1.54) is 12.1 Å². The van der Waals surface area contributed by atoms with E-state index in [9.17, 15) is 8.42 Å². The zero-order valence-electron chi connectivity index (χ0n) is 17.5. The van der Waals surface area contributed by atoms with Gasteiger partial charge in [-0.25, -0.2) is 13.1 Å². The number of aromatic nitrogens is 3. The van der Waals surface area contributed by atoms with E-state index in [-0.39, 0.29) is 4.90 Å². The molecule has 0 radical (unpaired) electrons. The Labute approximate surface area is 193 Å². The second-order valence-electron chi connectivity index (χ2n) is 7.49. The number of sulfonamides is 1. The van der Waals surface area contributed by atoms with E-state index in [0.29, 0.717) is 29.6 Å². The van der Waals surface area contributed by atoms with Crippen molar-refractivity contribution in [2.45, 2.75) is 30.8 Å². The van der Waals surface area contributed by atoms with E-state index in [4.69, 9.17) is 11.6 Å². The molecule has 1 unspecified atom stereocenters. The fourth-order valence-electron chi connectivity index (χ4n) is 3.52. The summed E-state index contributed by atoms with van der Waals surface area (Å²) >= 11 is 5.93. The van der Waals surface area contributed by atoms with Gasteiger partial charge in [-0.1, -0.05) is 72.3 Å². The first-order valence-electron chi connectivity index (χ1n) is 10.2. The first-order valence-corrected chi connectivity index (χ1v) is 12.0. The zero-order valence-corrected chi connectivity index (χ0v) is 19.1. The summed E-state index contributed by atoms with van der Waals surface area (Å²) in [5.74, 6) is 1.28. The van der Waals surface area contributed by atoms with Crippen LogP contribution < -0.4 is 4.72 Å². The summed E-state index contributed by atoms with van der Waals surface area (Å²) in [5, 5.41) is 9.09. The van der Waals surface area contributed by atoms with Crippen LogP contribution >= 0.6 is 11.6 Å². The molecule has 1 aromatic heterocycles. The number of nitrogens with zero attached hydrogens (tertiary/aromatic N) is 3. The van der Waals surface area contributed by atoms with Crippen molar-refractivity contribution in [3.63, 3.8) is 0 Å². The van der Waals surface area contributed by atoms with Crippen molar-refractivity contribution in [1.82, 2.24) is 19.5 Å². The van der Waals surface area contributed by atoms with Crippen LogP contribution in [0.5, 0.6) is 0 Å². The van der Waals surface area contributed by atoms with Gasteiger partial charge in [-0.15, -0.1) is 10.2 Å². The minimum Gasteiger partial charge on any atom is -0.309 e. The van der Waals surface area contributed by atoms with Gasteiger partial charge in [0.05, 0.1) is 17.5 Å². The Morgan fingerprint density at radius 2 is 1.47 bits per heavy atom. The molecule has 0 spiro atoms. The van der Waals surface area contributed by atoms with Crippen molar-refractivity contribution in [2.24, 2.45) is 0 Å². The standard InChI is InChI=1S/C24H23ClN4O2S/c1-18-26-27-24(29(18)17-20-10-6-3-7-11-20)23(16-19-8-4-2-5-9-19)28-32(30,31)22-14-12-21(25)13-15-22/h2-15,23,28H,16-17H2,1H3. The molecule has 0 saturated carbocycles. The van der Waals surface area contributed by atoms with Gasteiger partial charge in [0, 0.05) is 5.02 Å². The summed E-state index contributed by atoms with van der Waals surface area (Å²) in [6, 6.07) is 25.2. The number of aryl methyl sites for hydroxylation is 1. The molecule has 0 aliphatic rings. The Kier molecular flexibility index (Phi) is 6.69. The number of rotatable bonds is 8. The fraction of sp³-hybridized carbons (Fsp3) is 0.167. The van der Waals surface area contributed by atoms with Crippen molar-refractivity contribution in [3.05, 3.63) is 113 Å². The third-order valence-electron chi connectivity index (χ3n) is 5.16. The van der Waals surface area contributed by atoms with E-state index in [1.54, 1.807) is 12.1 Å². The first kappa shape index (κ1) is 22.2. The van der Waals surface area contributed by atoms with E-state index < -0.39 is 16.1 Å². The molecule has 0 amide bonds. The average molecular weight is 467 g/mol. The smallest absolute Gasteiger partial charge is 0.241 e. The van der Waals surface area contributed by atoms with E-state index in [1.807, 2.05) is 72.2 Å². The van der Waals surface area contributed by atoms with Crippen molar-refractivity contribution < 1.29 is 8.42 Å². The Hall–Kier alpha value is -3.00. The van der Waals surface area contributed by atoms with Gasteiger partial charge >= 0.3 is 0 Å². The van der Waals surface area contributed by atoms with Crippen molar-refractivity contribution in [1.29, 1.82) is 0 Å². The predicted octanol–water partition coefficient (Wildman–Crippen LogP) is 4.55. The number of hydrogen-bond acceptors (Lipinski definition) is 4. The number of benzene rings is 3. The molecule has 1 heterocycles. The SMILES string of the molecule is Cc1nnc(C(Cc2ccccc2)NS(=O)(=O)c2ccc(Cl)cc2)n1Cc1ccccc1. The summed E-state index contributed by atoms with van der Waals surface area (Å²) < 4.78 is 31.2. The third-order valence-corrected chi connectivity index (χ3v) is 6.90. The lowest BCUT2D eigenvalue weighted by Gasteiger charge is -2.20. The van der Waals surface area contributed by atoms with Crippen molar-refractivity contribution in [2.75, 3.05) is 0 Å². The maximum atomic E-state index is 13.2. The van der Waals surface area contributed by atoms with Gasteiger partial charge in [0.15, 0.2) is 5.82 Å². The average Bonchev–Trinajstić information content (AvgIpc) is 3.15. The van der Waals surface area contributed by atoms with Crippen LogP contribution in [0, 0.1) is 6.92 Å². The molecular formula is C24H23ClN4O2S. The van der Waals surface area contributed by atoms with Gasteiger partial charge in [-0.05, 0) is 48.7 Å². The minimum atomic E-state index is -3.81. The maximum absolute atomic E-state index is 13.2. The van der Waals surface area contributed by atoms with Crippen molar-refractivity contribution >= 4 is 21.6 Å². The van der Waals surface area contributed by atoms with Crippen LogP contribution in [0.1, 0.15) is 28.8 Å². The normalized spacial score (nSPS) is 12.6. The molecule has 4 rings (SSSR count). The van der Waals surface area contributed by atoms with Crippen LogP contribution in [0.15, 0.2) is 89.8 Å². The molecule has 0 aliphatic carbocycles. The second kappa shape index (κ2) is 9.65. The molecule has 0 aliphatic heterocycles. The van der Waals surface area contributed by atoms with Crippen LogP contribution in [0.3, 0.4) is 0 Å². The van der Waals surface area contributed by atoms with Gasteiger partial charge in [-0.3, -0.25) is 0 Å². The van der Waals surface area contributed by atoms with Crippen LogP contribution in [0.4, 0.5) is 0 Å². The van der Waals surface area contributed by atoms with E-state index >= 15 is 0 Å². The summed E-state index contributed by atoms with van der Waals surface area (Å²) in [7, 11) is -3.81. The quantitative estimate of drug-likeness (QED) is 0.413. The molecule has 0 bridgehead atoms. The fourth-order valence-corrected chi connectivity index (χ4v) is 4.84. The van der Waals surface area contributed by atoms with Gasteiger partial charge < -0.3 is 4.57 Å². The van der Waals surface area contributed by atoms with Crippen molar-refractivity contribution in [3.8, 4) is 0 Å². The third kappa shape index (κ3) is 5.24. The Balaban J connectivity index is 1.71. The Bertz CT molecular complexity index is 1270. The molecule has 3 aromatic carbocycles. The largest absolute Gasteiger partial charge is 0.309 e. The number of halogens is 1. The number of nitrogens with one attached hydrogen (secondary N) is 1. The highest BCUT2D eigenvalue weighted by Gasteiger charge is 2.26. The highest BCUT2D eigenvalue weighted by atomic mass is 35.5. The van der Waals surface area contributed by atoms with E-state index in [0.717, 1.165) is 11.1 Å². The molecular weight excluding hydrogens is 444 g/mol. The molecule has 6 nitrogen and oxygen atoms in total. The summed E-state index contributed by atoms with van der Waals surface area (Å²) in [6.45, 7) is 2.41. The summed E-state index contributed by atoms with van der Waals surface area (Å²) in [6.07, 6.45) is 0.431. The topological polar surface area (TPSA) is 76.9 Å². The lowest BCUT2D eigenvalue weighted by molar-refractivity contribution is 0.526. The second-order valence-corrected chi connectivity index (χ2v) is 9.65. The Morgan fingerprint density at radius 3 is 2.09 bits per heavy atom. The molecule has 4 aromatic rings. The van der Waals surface area contributed by atoms with Crippen LogP contribution in [-0.4, -0.2) is 23.2 Å². The predicted molar refractivity (Wildman–Crippen MR) is 125 cm³/mol. The van der Waals surface area contributed by atoms with Gasteiger partial charge in [-0.2, -0.15) is 0 Å². The Morgan fingerprint density at radius 1 is 0.875 bits per heavy atom. The van der Waals surface area contributed by atoms with Gasteiger partial charge in [0.25, 0.3) is 0 Å². The zero-order chi connectivity index (χ0) is 22.6. The molecule has 164 valence electrons.